The number of non-ortho nitro benzene ring substituents is 1. The maximum absolute atomic E-state index is 12.2. The van der Waals surface area contributed by atoms with Crippen LogP contribution in [0.25, 0.3) is 0 Å². The van der Waals surface area contributed by atoms with Crippen LogP contribution in [0.5, 0.6) is 0 Å². The van der Waals surface area contributed by atoms with Crippen LogP contribution >= 0.6 is 22.6 Å². The van der Waals surface area contributed by atoms with E-state index in [1.165, 1.54) is 12.1 Å². The lowest BCUT2D eigenvalue weighted by molar-refractivity contribution is -0.385. The largest absolute Gasteiger partial charge is 0.464 e. The number of nitrogens with one attached hydrogen (secondary N) is 1. The number of hydrogen-bond donors (Lipinski definition) is 1. The number of alkyl carbamates (subject to hydrolysis) is 1. The topological polar surface area (TPSA) is 108 Å². The Hall–Kier alpha value is -2.69. The fraction of sp³-hybridized carbons (Fsp3) is 0.263. The fourth-order valence-corrected chi connectivity index (χ4v) is 3.10. The summed E-state index contributed by atoms with van der Waals surface area (Å²) in [5.74, 6) is -0.603. The Labute approximate surface area is 175 Å². The highest BCUT2D eigenvalue weighted by Gasteiger charge is 2.24. The lowest BCUT2D eigenvalue weighted by atomic mass is 10.1. The Morgan fingerprint density at radius 3 is 2.50 bits per heavy atom. The van der Waals surface area contributed by atoms with E-state index < -0.39 is 23.0 Å². The third-order valence-electron chi connectivity index (χ3n) is 3.75. The third-order valence-corrected chi connectivity index (χ3v) is 4.75. The van der Waals surface area contributed by atoms with Crippen LogP contribution in [0.2, 0.25) is 0 Å². The van der Waals surface area contributed by atoms with Gasteiger partial charge in [-0.1, -0.05) is 36.4 Å². The average Bonchev–Trinajstić information content (AvgIpc) is 2.68. The maximum Gasteiger partial charge on any atom is 0.408 e. The molecule has 0 radical (unpaired) electrons. The van der Waals surface area contributed by atoms with Crippen LogP contribution in [0.3, 0.4) is 0 Å². The molecule has 2 aromatic carbocycles. The van der Waals surface area contributed by atoms with Crippen molar-refractivity contribution in [3.05, 3.63) is 73.3 Å². The average molecular weight is 498 g/mol. The highest BCUT2D eigenvalue weighted by Crippen LogP contribution is 2.21. The number of benzene rings is 2. The van der Waals surface area contributed by atoms with Crippen LogP contribution in [0, 0.1) is 13.7 Å². The number of carbonyl (C=O) groups is 2. The molecule has 0 spiro atoms. The predicted molar refractivity (Wildman–Crippen MR) is 110 cm³/mol. The standard InChI is InChI=1S/C19H19IN2O6/c1-2-27-18(23)17(10-14-8-9-15(22(25)26)11-16(14)20)21-19(24)28-12-13-6-4-3-5-7-13/h3-9,11,17H,2,10,12H2,1H3,(H,21,24)/t17-/m0/s1. The number of halogens is 1. The van der Waals surface area contributed by atoms with E-state index in [1.807, 2.05) is 52.9 Å². The van der Waals surface area contributed by atoms with E-state index in [4.69, 9.17) is 9.47 Å². The van der Waals surface area contributed by atoms with Gasteiger partial charge in [-0.3, -0.25) is 10.1 Å². The molecular weight excluding hydrogens is 479 g/mol. The first-order valence-corrected chi connectivity index (χ1v) is 9.55. The number of rotatable bonds is 8. The summed E-state index contributed by atoms with van der Waals surface area (Å²) < 4.78 is 10.8. The summed E-state index contributed by atoms with van der Waals surface area (Å²) in [5.41, 5.74) is 1.44. The first-order valence-electron chi connectivity index (χ1n) is 8.47. The summed E-state index contributed by atoms with van der Waals surface area (Å²) in [4.78, 5) is 34.7. The first kappa shape index (κ1) is 21.6. The molecule has 0 aliphatic heterocycles. The van der Waals surface area contributed by atoms with Gasteiger partial charge in [-0.05, 0) is 40.6 Å². The smallest absolute Gasteiger partial charge is 0.408 e. The number of hydrogen-bond acceptors (Lipinski definition) is 6. The van der Waals surface area contributed by atoms with Crippen molar-refractivity contribution in [1.29, 1.82) is 0 Å². The minimum absolute atomic E-state index is 0.0453. The maximum atomic E-state index is 12.2. The SMILES string of the molecule is CCOC(=O)[C@H](Cc1ccc([N+](=O)[O-])cc1I)NC(=O)OCc1ccccc1. The molecule has 0 aromatic heterocycles. The van der Waals surface area contributed by atoms with Crippen LogP contribution in [0.1, 0.15) is 18.1 Å². The predicted octanol–water partition coefficient (Wildman–Crippen LogP) is 3.60. The van der Waals surface area contributed by atoms with E-state index in [0.717, 1.165) is 5.56 Å². The van der Waals surface area contributed by atoms with Crippen molar-refractivity contribution >= 4 is 40.3 Å². The van der Waals surface area contributed by atoms with Crippen molar-refractivity contribution in [2.45, 2.75) is 26.0 Å². The molecule has 0 fully saturated rings. The van der Waals surface area contributed by atoms with Gasteiger partial charge in [0.2, 0.25) is 0 Å². The van der Waals surface area contributed by atoms with Gasteiger partial charge >= 0.3 is 12.1 Å². The molecule has 8 nitrogen and oxygen atoms in total. The summed E-state index contributed by atoms with van der Waals surface area (Å²) >= 11 is 1.96. The number of carbonyl (C=O) groups excluding carboxylic acids is 2. The van der Waals surface area contributed by atoms with E-state index in [9.17, 15) is 19.7 Å². The Morgan fingerprint density at radius 1 is 1.18 bits per heavy atom. The first-order chi connectivity index (χ1) is 13.4. The molecule has 1 atom stereocenters. The van der Waals surface area contributed by atoms with Crippen molar-refractivity contribution in [3.8, 4) is 0 Å². The van der Waals surface area contributed by atoms with Crippen LogP contribution in [-0.4, -0.2) is 29.6 Å². The number of amides is 1. The van der Waals surface area contributed by atoms with E-state index in [-0.39, 0.29) is 25.3 Å². The molecule has 148 valence electrons. The highest BCUT2D eigenvalue weighted by molar-refractivity contribution is 14.1. The number of nitro groups is 1. The fourth-order valence-electron chi connectivity index (χ4n) is 2.38. The second-order valence-corrected chi connectivity index (χ2v) is 6.91. The number of nitrogens with zero attached hydrogens (tertiary/aromatic N) is 1. The molecule has 0 bridgehead atoms. The summed E-state index contributed by atoms with van der Waals surface area (Å²) in [5, 5.41) is 13.4. The van der Waals surface area contributed by atoms with Crippen molar-refractivity contribution < 1.29 is 24.0 Å². The third kappa shape index (κ3) is 6.48. The molecule has 0 saturated carbocycles. The quantitative estimate of drug-likeness (QED) is 0.258. The van der Waals surface area contributed by atoms with Crippen LogP contribution < -0.4 is 5.32 Å². The van der Waals surface area contributed by atoms with Gasteiger partial charge in [0.1, 0.15) is 12.6 Å². The molecule has 1 amide bonds. The van der Waals surface area contributed by atoms with Gasteiger partial charge in [-0.2, -0.15) is 0 Å². The Balaban J connectivity index is 2.06. The summed E-state index contributed by atoms with van der Waals surface area (Å²) in [6.45, 7) is 1.89. The monoisotopic (exact) mass is 498 g/mol. The summed E-state index contributed by atoms with van der Waals surface area (Å²) in [6.07, 6.45) is -0.631. The van der Waals surface area contributed by atoms with E-state index >= 15 is 0 Å². The molecule has 1 N–H and O–H groups in total. The molecule has 0 saturated heterocycles. The molecule has 9 heteroatoms. The van der Waals surface area contributed by atoms with Crippen LogP contribution in [0.15, 0.2) is 48.5 Å². The summed E-state index contributed by atoms with van der Waals surface area (Å²) in [6, 6.07) is 12.5. The zero-order chi connectivity index (χ0) is 20.5. The van der Waals surface area contributed by atoms with Gasteiger partial charge < -0.3 is 14.8 Å². The minimum atomic E-state index is -0.974. The highest BCUT2D eigenvalue weighted by atomic mass is 127. The van der Waals surface area contributed by atoms with Gasteiger partial charge in [-0.15, -0.1) is 0 Å². The molecule has 0 aliphatic rings. The van der Waals surface area contributed by atoms with Crippen molar-refractivity contribution in [2.75, 3.05) is 6.61 Å². The van der Waals surface area contributed by atoms with E-state index in [0.29, 0.717) is 9.13 Å². The van der Waals surface area contributed by atoms with Crippen LogP contribution in [-0.2, 0) is 27.3 Å². The zero-order valence-electron chi connectivity index (χ0n) is 15.1. The molecule has 0 heterocycles. The lowest BCUT2D eigenvalue weighted by Gasteiger charge is -2.18. The molecule has 0 unspecified atom stereocenters. The normalized spacial score (nSPS) is 11.4. The minimum Gasteiger partial charge on any atom is -0.464 e. The van der Waals surface area contributed by atoms with Crippen molar-refractivity contribution in [3.63, 3.8) is 0 Å². The Kier molecular flexibility index (Phi) is 8.18. The van der Waals surface area contributed by atoms with Gasteiger partial charge in [-0.25, -0.2) is 9.59 Å². The molecule has 2 aromatic rings. The Morgan fingerprint density at radius 2 is 1.89 bits per heavy atom. The van der Waals surface area contributed by atoms with E-state index in [1.54, 1.807) is 13.0 Å². The van der Waals surface area contributed by atoms with Crippen molar-refractivity contribution in [1.82, 2.24) is 5.32 Å². The Bertz CT molecular complexity index is 844. The molecular formula is C19H19IN2O6. The van der Waals surface area contributed by atoms with Gasteiger partial charge in [0, 0.05) is 22.1 Å². The second-order valence-electron chi connectivity index (χ2n) is 5.75. The lowest BCUT2D eigenvalue weighted by Crippen LogP contribution is -2.43. The second kappa shape index (κ2) is 10.6. The number of nitro benzene ring substituents is 1. The van der Waals surface area contributed by atoms with E-state index in [2.05, 4.69) is 5.32 Å². The number of ether oxygens (including phenoxy) is 2. The van der Waals surface area contributed by atoms with Crippen molar-refractivity contribution in [2.24, 2.45) is 0 Å². The molecule has 2 rings (SSSR count). The van der Waals surface area contributed by atoms with Gasteiger partial charge in [0.05, 0.1) is 11.5 Å². The summed E-state index contributed by atoms with van der Waals surface area (Å²) in [7, 11) is 0. The van der Waals surface area contributed by atoms with Gasteiger partial charge in [0.15, 0.2) is 0 Å². The van der Waals surface area contributed by atoms with Crippen LogP contribution in [0.4, 0.5) is 10.5 Å². The van der Waals surface area contributed by atoms with Gasteiger partial charge in [0.25, 0.3) is 5.69 Å². The molecule has 0 aliphatic carbocycles. The zero-order valence-corrected chi connectivity index (χ0v) is 17.2. The number of esters is 1. The molecule has 28 heavy (non-hydrogen) atoms.